The molecule has 0 saturated carbocycles. The summed E-state index contributed by atoms with van der Waals surface area (Å²) in [5, 5.41) is 2.68. The summed E-state index contributed by atoms with van der Waals surface area (Å²) in [7, 11) is -2.65. The molecule has 33 heavy (non-hydrogen) atoms. The first-order valence-electron chi connectivity index (χ1n) is 9.98. The van der Waals surface area contributed by atoms with E-state index in [9.17, 15) is 18.0 Å². The first-order chi connectivity index (χ1) is 15.7. The van der Waals surface area contributed by atoms with Gasteiger partial charge in [0.05, 0.1) is 24.1 Å². The molecule has 1 N–H and O–H groups in total. The number of anilines is 1. The van der Waals surface area contributed by atoms with Crippen LogP contribution in [-0.4, -0.2) is 38.3 Å². The number of esters is 1. The quantitative estimate of drug-likeness (QED) is 0.436. The van der Waals surface area contributed by atoms with Gasteiger partial charge in [0.15, 0.2) is 0 Å². The highest BCUT2D eigenvalue weighted by molar-refractivity contribution is 9.10. The van der Waals surface area contributed by atoms with Crippen LogP contribution >= 0.6 is 15.9 Å². The van der Waals surface area contributed by atoms with Gasteiger partial charge in [-0.05, 0) is 61.0 Å². The van der Waals surface area contributed by atoms with Crippen molar-refractivity contribution in [3.63, 3.8) is 0 Å². The van der Waals surface area contributed by atoms with Crippen LogP contribution in [0.1, 0.15) is 21.5 Å². The van der Waals surface area contributed by atoms with E-state index in [1.54, 1.807) is 36.4 Å². The average molecular weight is 531 g/mol. The van der Waals surface area contributed by atoms with Crippen LogP contribution in [0.3, 0.4) is 0 Å². The van der Waals surface area contributed by atoms with Crippen LogP contribution in [0.4, 0.5) is 5.69 Å². The lowest BCUT2D eigenvalue weighted by Gasteiger charge is -2.22. The molecule has 0 heterocycles. The number of ether oxygens (including phenoxy) is 1. The van der Waals surface area contributed by atoms with Gasteiger partial charge < -0.3 is 10.1 Å². The van der Waals surface area contributed by atoms with Gasteiger partial charge in [-0.1, -0.05) is 45.8 Å². The van der Waals surface area contributed by atoms with E-state index in [-0.39, 0.29) is 18.0 Å². The van der Waals surface area contributed by atoms with Crippen LogP contribution < -0.4 is 5.32 Å². The predicted octanol–water partition coefficient (Wildman–Crippen LogP) is 4.37. The highest BCUT2D eigenvalue weighted by atomic mass is 79.9. The van der Waals surface area contributed by atoms with Crippen molar-refractivity contribution in [3.8, 4) is 0 Å². The van der Waals surface area contributed by atoms with Gasteiger partial charge in [-0.15, -0.1) is 0 Å². The zero-order chi connectivity index (χ0) is 24.0. The van der Waals surface area contributed by atoms with E-state index < -0.39 is 21.9 Å². The third kappa shape index (κ3) is 6.50. The Labute approximate surface area is 201 Å². The van der Waals surface area contributed by atoms with Gasteiger partial charge in [0.2, 0.25) is 15.9 Å². The van der Waals surface area contributed by atoms with E-state index in [4.69, 9.17) is 0 Å². The number of amides is 1. The summed E-state index contributed by atoms with van der Waals surface area (Å²) in [6.45, 7) is 1.51. The number of rotatable bonds is 8. The van der Waals surface area contributed by atoms with Crippen LogP contribution in [0.15, 0.2) is 82.2 Å². The summed E-state index contributed by atoms with van der Waals surface area (Å²) in [6.07, 6.45) is 0. The minimum Gasteiger partial charge on any atom is -0.465 e. The molecule has 0 bridgehead atoms. The van der Waals surface area contributed by atoms with Gasteiger partial charge >= 0.3 is 5.97 Å². The van der Waals surface area contributed by atoms with Gasteiger partial charge in [-0.3, -0.25) is 4.79 Å². The van der Waals surface area contributed by atoms with Gasteiger partial charge in [0, 0.05) is 16.7 Å². The van der Waals surface area contributed by atoms with Crippen LogP contribution in [0.5, 0.6) is 0 Å². The second kappa shape index (κ2) is 10.7. The second-order valence-electron chi connectivity index (χ2n) is 7.33. The van der Waals surface area contributed by atoms with Crippen LogP contribution in [0, 0.1) is 6.92 Å². The fraction of sp³-hybridized carbons (Fsp3) is 0.167. The second-order valence-corrected chi connectivity index (χ2v) is 10.2. The number of hydrogen-bond donors (Lipinski definition) is 1. The van der Waals surface area contributed by atoms with Crippen molar-refractivity contribution in [2.75, 3.05) is 19.0 Å². The maximum atomic E-state index is 13.3. The minimum atomic E-state index is -3.94. The van der Waals surface area contributed by atoms with Crippen LogP contribution in [0.2, 0.25) is 0 Å². The van der Waals surface area contributed by atoms with Crippen molar-refractivity contribution in [1.82, 2.24) is 4.31 Å². The third-order valence-electron chi connectivity index (χ3n) is 4.84. The van der Waals surface area contributed by atoms with Crippen molar-refractivity contribution < 1.29 is 22.7 Å². The Morgan fingerprint density at radius 1 is 0.939 bits per heavy atom. The van der Waals surface area contributed by atoms with Gasteiger partial charge in [-0.2, -0.15) is 4.31 Å². The molecule has 0 saturated heterocycles. The van der Waals surface area contributed by atoms with E-state index in [2.05, 4.69) is 26.0 Å². The maximum absolute atomic E-state index is 13.3. The molecule has 7 nitrogen and oxygen atoms in total. The van der Waals surface area contributed by atoms with E-state index in [1.165, 1.54) is 31.4 Å². The Bertz CT molecular complexity index is 1230. The molecule has 0 fully saturated rings. The number of nitrogens with one attached hydrogen (secondary N) is 1. The molecule has 0 atom stereocenters. The zero-order valence-corrected chi connectivity index (χ0v) is 20.5. The molecule has 0 spiro atoms. The molecule has 0 radical (unpaired) electrons. The number of sulfonamides is 1. The van der Waals surface area contributed by atoms with Gasteiger partial charge in [0.1, 0.15) is 0 Å². The molecule has 172 valence electrons. The normalized spacial score (nSPS) is 11.3. The standard InChI is InChI=1S/C24H23BrN2O5S/c1-17-3-13-22(14-4-17)33(30,31)27(15-18-5-9-20(25)10-6-18)16-23(28)26-21-11-7-19(8-12-21)24(29)32-2/h3-14H,15-16H2,1-2H3,(H,26,28). The van der Waals surface area contributed by atoms with Gasteiger partial charge in [0.25, 0.3) is 0 Å². The molecule has 3 rings (SSSR count). The number of nitrogens with zero attached hydrogens (tertiary/aromatic N) is 1. The number of carbonyl (C=O) groups excluding carboxylic acids is 2. The van der Waals surface area contributed by atoms with E-state index in [0.717, 1.165) is 19.9 Å². The Balaban J connectivity index is 1.82. The fourth-order valence-corrected chi connectivity index (χ4v) is 4.70. The van der Waals surface area contributed by atoms with Crippen molar-refractivity contribution in [1.29, 1.82) is 0 Å². The van der Waals surface area contributed by atoms with Crippen molar-refractivity contribution >= 4 is 43.5 Å². The lowest BCUT2D eigenvalue weighted by molar-refractivity contribution is -0.116. The Hall–Kier alpha value is -3.01. The van der Waals surface area contributed by atoms with E-state index >= 15 is 0 Å². The Morgan fingerprint density at radius 2 is 1.55 bits per heavy atom. The third-order valence-corrected chi connectivity index (χ3v) is 7.18. The first kappa shape index (κ1) is 24.6. The average Bonchev–Trinajstić information content (AvgIpc) is 2.80. The lowest BCUT2D eigenvalue weighted by Crippen LogP contribution is -2.37. The van der Waals surface area contributed by atoms with Crippen LogP contribution in [0.25, 0.3) is 0 Å². The maximum Gasteiger partial charge on any atom is 0.337 e. The summed E-state index contributed by atoms with van der Waals surface area (Å²) < 4.78 is 33.3. The summed E-state index contributed by atoms with van der Waals surface area (Å²) in [4.78, 5) is 24.4. The van der Waals surface area contributed by atoms with E-state index in [0.29, 0.717) is 11.3 Å². The zero-order valence-electron chi connectivity index (χ0n) is 18.1. The molecule has 1 amide bonds. The highest BCUT2D eigenvalue weighted by Gasteiger charge is 2.27. The monoisotopic (exact) mass is 530 g/mol. The summed E-state index contributed by atoms with van der Waals surface area (Å²) >= 11 is 3.37. The molecule has 3 aromatic carbocycles. The molecule has 3 aromatic rings. The number of aryl methyl sites for hydroxylation is 1. The molecule has 0 aliphatic rings. The fourth-order valence-electron chi connectivity index (χ4n) is 3.05. The topological polar surface area (TPSA) is 92.8 Å². The molecule has 0 aromatic heterocycles. The summed E-state index contributed by atoms with van der Waals surface area (Å²) in [6, 6.07) is 19.9. The van der Waals surface area contributed by atoms with Crippen molar-refractivity contribution in [2.45, 2.75) is 18.4 Å². The highest BCUT2D eigenvalue weighted by Crippen LogP contribution is 2.21. The van der Waals surface area contributed by atoms with Crippen molar-refractivity contribution in [3.05, 3.63) is 94.0 Å². The summed E-state index contributed by atoms with van der Waals surface area (Å²) in [5.74, 6) is -0.994. The number of methoxy groups -OCH3 is 1. The van der Waals surface area contributed by atoms with Crippen LogP contribution in [-0.2, 0) is 26.1 Å². The molecule has 0 unspecified atom stereocenters. The van der Waals surface area contributed by atoms with Crippen molar-refractivity contribution in [2.24, 2.45) is 0 Å². The molecule has 9 heteroatoms. The predicted molar refractivity (Wildman–Crippen MR) is 129 cm³/mol. The molecular formula is C24H23BrN2O5S. The van der Waals surface area contributed by atoms with E-state index in [1.807, 2.05) is 19.1 Å². The lowest BCUT2D eigenvalue weighted by atomic mass is 10.2. The smallest absolute Gasteiger partial charge is 0.337 e. The SMILES string of the molecule is COC(=O)c1ccc(NC(=O)CN(Cc2ccc(Br)cc2)S(=O)(=O)c2ccc(C)cc2)cc1. The number of carbonyl (C=O) groups is 2. The first-order valence-corrected chi connectivity index (χ1v) is 12.2. The number of benzene rings is 3. The minimum absolute atomic E-state index is 0.0260. The molecule has 0 aliphatic heterocycles. The molecule has 0 aliphatic carbocycles. The Morgan fingerprint density at radius 3 is 2.12 bits per heavy atom. The Kier molecular flexibility index (Phi) is 8.01. The van der Waals surface area contributed by atoms with Gasteiger partial charge in [-0.25, -0.2) is 13.2 Å². The largest absolute Gasteiger partial charge is 0.465 e. The number of halogens is 1. The summed E-state index contributed by atoms with van der Waals surface area (Å²) in [5.41, 5.74) is 2.45. The molecular weight excluding hydrogens is 508 g/mol. The number of hydrogen-bond acceptors (Lipinski definition) is 5.